The number of rotatable bonds is 6. The van der Waals surface area contributed by atoms with Crippen LogP contribution in [-0.2, 0) is 4.79 Å². The van der Waals surface area contributed by atoms with Gasteiger partial charge in [-0.3, -0.25) is 14.7 Å². The van der Waals surface area contributed by atoms with Crippen molar-refractivity contribution >= 4 is 29.0 Å². The molecule has 0 unspecified atom stereocenters. The summed E-state index contributed by atoms with van der Waals surface area (Å²) in [7, 11) is 0. The van der Waals surface area contributed by atoms with E-state index < -0.39 is 0 Å². The van der Waals surface area contributed by atoms with Gasteiger partial charge in [0.15, 0.2) is 22.4 Å². The molecule has 0 fully saturated rings. The van der Waals surface area contributed by atoms with E-state index in [-0.39, 0.29) is 17.2 Å². The summed E-state index contributed by atoms with van der Waals surface area (Å²) in [6.07, 6.45) is 1.52. The fourth-order valence-corrected chi connectivity index (χ4v) is 3.53. The van der Waals surface area contributed by atoms with E-state index in [1.54, 1.807) is 12.1 Å². The van der Waals surface area contributed by atoms with Gasteiger partial charge in [0.2, 0.25) is 5.91 Å². The van der Waals surface area contributed by atoms with Crippen molar-refractivity contribution in [2.75, 3.05) is 11.1 Å². The van der Waals surface area contributed by atoms with E-state index in [4.69, 9.17) is 4.42 Å². The maximum absolute atomic E-state index is 12.4. The number of furan rings is 1. The zero-order valence-electron chi connectivity index (χ0n) is 15.9. The largest absolute Gasteiger partial charge is 0.461 e. The quantitative estimate of drug-likeness (QED) is 0.472. The maximum Gasteiger partial charge on any atom is 0.266 e. The number of nitrogens with one attached hydrogen (secondary N) is 2. The molecule has 0 spiro atoms. The standard InChI is InChI=1S/C20H19N5O3S/c1-12(2)13-5-7-14(8-6-13)21-18(27)11-29-20-23-19(15-4-3-9-28-15)22-16-10-17(26)24-25(16)20/h3-10,12H,11H2,1-2H3,(H,21,27)(H,24,26). The number of H-pyrrole nitrogens is 1. The second-order valence-electron chi connectivity index (χ2n) is 6.73. The molecule has 29 heavy (non-hydrogen) atoms. The Bertz CT molecular complexity index is 1190. The predicted molar refractivity (Wildman–Crippen MR) is 111 cm³/mol. The molecule has 0 radical (unpaired) electrons. The number of anilines is 1. The summed E-state index contributed by atoms with van der Waals surface area (Å²) in [5.74, 6) is 1.21. The van der Waals surface area contributed by atoms with Crippen LogP contribution in [0.4, 0.5) is 5.69 Å². The molecular formula is C20H19N5O3S. The number of carbonyl (C=O) groups is 1. The number of hydrogen-bond donors (Lipinski definition) is 2. The van der Waals surface area contributed by atoms with Gasteiger partial charge in [-0.2, -0.15) is 4.98 Å². The molecule has 4 rings (SSSR count). The van der Waals surface area contributed by atoms with E-state index in [2.05, 4.69) is 34.2 Å². The first-order valence-electron chi connectivity index (χ1n) is 9.06. The van der Waals surface area contributed by atoms with Gasteiger partial charge in [-0.1, -0.05) is 37.7 Å². The number of fused-ring (bicyclic) bond motifs is 1. The summed E-state index contributed by atoms with van der Waals surface area (Å²) in [5.41, 5.74) is 2.05. The number of thioether (sulfide) groups is 1. The highest BCUT2D eigenvalue weighted by atomic mass is 32.2. The van der Waals surface area contributed by atoms with Crippen LogP contribution in [0.1, 0.15) is 25.3 Å². The lowest BCUT2D eigenvalue weighted by atomic mass is 10.0. The van der Waals surface area contributed by atoms with Crippen molar-refractivity contribution in [2.24, 2.45) is 0 Å². The molecule has 0 atom stereocenters. The van der Waals surface area contributed by atoms with Gasteiger partial charge < -0.3 is 9.73 Å². The smallest absolute Gasteiger partial charge is 0.266 e. The molecule has 0 aliphatic heterocycles. The van der Waals surface area contributed by atoms with Gasteiger partial charge >= 0.3 is 0 Å². The highest BCUT2D eigenvalue weighted by Crippen LogP contribution is 2.22. The van der Waals surface area contributed by atoms with Crippen LogP contribution in [-0.4, -0.2) is 31.2 Å². The van der Waals surface area contributed by atoms with Gasteiger partial charge in [0.25, 0.3) is 5.56 Å². The zero-order valence-corrected chi connectivity index (χ0v) is 16.7. The third-order valence-corrected chi connectivity index (χ3v) is 5.20. The van der Waals surface area contributed by atoms with E-state index in [0.717, 1.165) is 5.69 Å². The van der Waals surface area contributed by atoms with Crippen molar-refractivity contribution in [3.05, 3.63) is 64.6 Å². The molecule has 2 N–H and O–H groups in total. The molecule has 0 aliphatic carbocycles. The van der Waals surface area contributed by atoms with Crippen LogP contribution in [0.3, 0.4) is 0 Å². The van der Waals surface area contributed by atoms with Crippen molar-refractivity contribution in [1.29, 1.82) is 0 Å². The minimum absolute atomic E-state index is 0.121. The highest BCUT2D eigenvalue weighted by Gasteiger charge is 2.14. The van der Waals surface area contributed by atoms with Gasteiger partial charge in [0.1, 0.15) is 0 Å². The first kappa shape index (κ1) is 19.0. The number of aromatic amines is 1. The summed E-state index contributed by atoms with van der Waals surface area (Å²) in [6.45, 7) is 4.24. The highest BCUT2D eigenvalue weighted by molar-refractivity contribution is 7.99. The Labute approximate surface area is 170 Å². The average molecular weight is 409 g/mol. The molecular weight excluding hydrogens is 390 g/mol. The molecule has 3 heterocycles. The molecule has 3 aromatic heterocycles. The minimum atomic E-state index is -0.299. The molecule has 4 aromatic rings. The maximum atomic E-state index is 12.4. The molecule has 0 saturated heterocycles. The van der Waals surface area contributed by atoms with Crippen molar-refractivity contribution in [1.82, 2.24) is 19.6 Å². The Morgan fingerprint density at radius 2 is 2.03 bits per heavy atom. The number of nitrogens with zero attached hydrogens (tertiary/aromatic N) is 3. The normalized spacial score (nSPS) is 11.3. The summed E-state index contributed by atoms with van der Waals surface area (Å²) in [5, 5.41) is 5.95. The van der Waals surface area contributed by atoms with Crippen molar-refractivity contribution < 1.29 is 9.21 Å². The fourth-order valence-electron chi connectivity index (χ4n) is 2.78. The Hall–Kier alpha value is -3.33. The van der Waals surface area contributed by atoms with Crippen LogP contribution in [0.15, 0.2) is 63.1 Å². The van der Waals surface area contributed by atoms with Gasteiger partial charge in [-0.15, -0.1) is 0 Å². The number of carbonyl (C=O) groups excluding carboxylic acids is 1. The molecule has 148 valence electrons. The third kappa shape index (κ3) is 4.24. The Morgan fingerprint density at radius 3 is 2.72 bits per heavy atom. The van der Waals surface area contributed by atoms with Crippen molar-refractivity contribution in [3.8, 4) is 11.6 Å². The van der Waals surface area contributed by atoms with Crippen LogP contribution in [0.2, 0.25) is 0 Å². The van der Waals surface area contributed by atoms with Crippen LogP contribution in [0.25, 0.3) is 17.2 Å². The summed E-state index contributed by atoms with van der Waals surface area (Å²) >= 11 is 1.20. The molecule has 0 bridgehead atoms. The lowest BCUT2D eigenvalue weighted by Crippen LogP contribution is -2.15. The Morgan fingerprint density at radius 1 is 1.24 bits per heavy atom. The van der Waals surface area contributed by atoms with Gasteiger partial charge in [0.05, 0.1) is 12.0 Å². The lowest BCUT2D eigenvalue weighted by Gasteiger charge is -2.09. The van der Waals surface area contributed by atoms with Crippen molar-refractivity contribution in [3.63, 3.8) is 0 Å². The molecule has 1 aromatic carbocycles. The average Bonchev–Trinajstić information content (AvgIpc) is 3.35. The van der Waals surface area contributed by atoms with E-state index in [1.165, 1.54) is 34.2 Å². The topological polar surface area (TPSA) is 105 Å². The van der Waals surface area contributed by atoms with Crippen LogP contribution >= 0.6 is 11.8 Å². The van der Waals surface area contributed by atoms with E-state index >= 15 is 0 Å². The van der Waals surface area contributed by atoms with E-state index in [0.29, 0.717) is 28.3 Å². The Kier molecular flexibility index (Phi) is 5.22. The van der Waals surface area contributed by atoms with E-state index in [9.17, 15) is 9.59 Å². The van der Waals surface area contributed by atoms with Crippen LogP contribution in [0.5, 0.6) is 0 Å². The lowest BCUT2D eigenvalue weighted by molar-refractivity contribution is -0.113. The SMILES string of the molecule is CC(C)c1ccc(NC(=O)CSc2nc(-c3ccco3)nc3cc(=O)[nH]n23)cc1. The van der Waals surface area contributed by atoms with Crippen molar-refractivity contribution in [2.45, 2.75) is 24.9 Å². The molecule has 1 amide bonds. The monoisotopic (exact) mass is 409 g/mol. The van der Waals surface area contributed by atoms with Crippen LogP contribution < -0.4 is 10.9 Å². The number of benzene rings is 1. The van der Waals surface area contributed by atoms with Gasteiger partial charge in [0, 0.05) is 11.8 Å². The molecule has 0 aliphatic rings. The fraction of sp³-hybridized carbons (Fsp3) is 0.200. The number of aromatic nitrogens is 4. The first-order valence-corrected chi connectivity index (χ1v) is 10.0. The first-order chi connectivity index (χ1) is 14.0. The van der Waals surface area contributed by atoms with Crippen LogP contribution in [0, 0.1) is 0 Å². The predicted octanol–water partition coefficient (Wildman–Crippen LogP) is 3.53. The molecule has 0 saturated carbocycles. The summed E-state index contributed by atoms with van der Waals surface area (Å²) < 4.78 is 6.81. The number of amides is 1. The minimum Gasteiger partial charge on any atom is -0.461 e. The zero-order chi connectivity index (χ0) is 20.4. The van der Waals surface area contributed by atoms with Gasteiger partial charge in [-0.25, -0.2) is 9.50 Å². The summed E-state index contributed by atoms with van der Waals surface area (Å²) in [6, 6.07) is 12.6. The molecule has 9 heteroatoms. The molecule has 8 nitrogen and oxygen atoms in total. The Balaban J connectivity index is 1.51. The second kappa shape index (κ2) is 7.96. The summed E-state index contributed by atoms with van der Waals surface area (Å²) in [4.78, 5) is 32.9. The second-order valence-corrected chi connectivity index (χ2v) is 7.68. The van der Waals surface area contributed by atoms with E-state index in [1.807, 2.05) is 24.3 Å². The van der Waals surface area contributed by atoms with Gasteiger partial charge in [-0.05, 0) is 35.7 Å². The number of hydrogen-bond acceptors (Lipinski definition) is 6. The third-order valence-electron chi connectivity index (χ3n) is 4.26.